The molecule has 3 N–H and O–H groups in total. The Bertz CT molecular complexity index is 438. The SMILES string of the molecule is CC(C)N(CCOc1ccc(C(=N)N)cc1)CC1CC1. The zero-order valence-electron chi connectivity index (χ0n) is 12.4. The summed E-state index contributed by atoms with van der Waals surface area (Å²) in [5.41, 5.74) is 6.16. The van der Waals surface area contributed by atoms with Crippen LogP contribution >= 0.6 is 0 Å². The molecular weight excluding hydrogens is 250 g/mol. The van der Waals surface area contributed by atoms with E-state index in [2.05, 4.69) is 18.7 Å². The molecule has 1 aromatic carbocycles. The van der Waals surface area contributed by atoms with Crippen LogP contribution in [0.2, 0.25) is 0 Å². The van der Waals surface area contributed by atoms with Crippen molar-refractivity contribution in [2.24, 2.45) is 11.7 Å². The highest BCUT2D eigenvalue weighted by molar-refractivity contribution is 5.94. The van der Waals surface area contributed by atoms with Crippen LogP contribution in [0.4, 0.5) is 0 Å². The van der Waals surface area contributed by atoms with Gasteiger partial charge in [0.1, 0.15) is 18.2 Å². The van der Waals surface area contributed by atoms with Crippen molar-refractivity contribution in [1.82, 2.24) is 4.90 Å². The van der Waals surface area contributed by atoms with E-state index in [1.165, 1.54) is 19.4 Å². The standard InChI is InChI=1S/C16H25N3O/c1-12(2)19(11-13-3-4-13)9-10-20-15-7-5-14(6-8-15)16(17)18/h5-8,12-13H,3-4,9-11H2,1-2H3,(H3,17,18). The van der Waals surface area contributed by atoms with E-state index in [0.717, 1.165) is 23.8 Å². The third kappa shape index (κ3) is 4.53. The van der Waals surface area contributed by atoms with Gasteiger partial charge in [-0.2, -0.15) is 0 Å². The number of nitrogens with two attached hydrogens (primary N) is 1. The number of hydrogen-bond donors (Lipinski definition) is 2. The topological polar surface area (TPSA) is 62.3 Å². The molecule has 1 aromatic rings. The Morgan fingerprint density at radius 3 is 2.50 bits per heavy atom. The van der Waals surface area contributed by atoms with Crippen LogP contribution in [0.1, 0.15) is 32.3 Å². The van der Waals surface area contributed by atoms with E-state index in [4.69, 9.17) is 15.9 Å². The molecule has 4 heteroatoms. The van der Waals surface area contributed by atoms with E-state index in [-0.39, 0.29) is 5.84 Å². The van der Waals surface area contributed by atoms with Crippen LogP contribution in [0.5, 0.6) is 5.75 Å². The molecule has 4 nitrogen and oxygen atoms in total. The van der Waals surface area contributed by atoms with Crippen LogP contribution in [0.25, 0.3) is 0 Å². The van der Waals surface area contributed by atoms with E-state index >= 15 is 0 Å². The monoisotopic (exact) mass is 275 g/mol. The quantitative estimate of drug-likeness (QED) is 0.566. The average molecular weight is 275 g/mol. The predicted octanol–water partition coefficient (Wildman–Crippen LogP) is 2.47. The summed E-state index contributed by atoms with van der Waals surface area (Å²) in [4.78, 5) is 2.49. The second kappa shape index (κ2) is 6.75. The summed E-state index contributed by atoms with van der Waals surface area (Å²) < 4.78 is 5.77. The van der Waals surface area contributed by atoms with Crippen molar-refractivity contribution in [1.29, 1.82) is 5.41 Å². The van der Waals surface area contributed by atoms with Crippen molar-refractivity contribution >= 4 is 5.84 Å². The van der Waals surface area contributed by atoms with Gasteiger partial charge < -0.3 is 10.5 Å². The summed E-state index contributed by atoms with van der Waals surface area (Å²) in [6.07, 6.45) is 2.77. The molecule has 0 unspecified atom stereocenters. The van der Waals surface area contributed by atoms with Gasteiger partial charge in [0.05, 0.1) is 0 Å². The molecule has 1 aliphatic carbocycles. The highest BCUT2D eigenvalue weighted by Gasteiger charge is 2.25. The van der Waals surface area contributed by atoms with Crippen LogP contribution in [0, 0.1) is 11.3 Å². The minimum atomic E-state index is 0.0898. The number of rotatable bonds is 8. The van der Waals surface area contributed by atoms with Crippen molar-refractivity contribution in [3.05, 3.63) is 29.8 Å². The normalized spacial score (nSPS) is 14.8. The molecule has 2 rings (SSSR count). The zero-order valence-corrected chi connectivity index (χ0v) is 12.4. The maximum atomic E-state index is 7.35. The second-order valence-corrected chi connectivity index (χ2v) is 5.82. The molecule has 0 atom stereocenters. The molecule has 1 fully saturated rings. The van der Waals surface area contributed by atoms with E-state index in [0.29, 0.717) is 12.6 Å². The van der Waals surface area contributed by atoms with Gasteiger partial charge in [0.25, 0.3) is 0 Å². The van der Waals surface area contributed by atoms with Crippen LogP contribution in [-0.2, 0) is 0 Å². The Morgan fingerprint density at radius 2 is 2.00 bits per heavy atom. The minimum absolute atomic E-state index is 0.0898. The first-order chi connectivity index (χ1) is 9.56. The fourth-order valence-electron chi connectivity index (χ4n) is 2.20. The number of nitrogens with zero attached hydrogens (tertiary/aromatic N) is 1. The molecule has 0 aromatic heterocycles. The summed E-state index contributed by atoms with van der Waals surface area (Å²) >= 11 is 0. The van der Waals surface area contributed by atoms with Gasteiger partial charge in [-0.25, -0.2) is 0 Å². The lowest BCUT2D eigenvalue weighted by Crippen LogP contribution is -2.36. The maximum absolute atomic E-state index is 7.35. The third-order valence-corrected chi connectivity index (χ3v) is 3.73. The predicted molar refractivity (Wildman–Crippen MR) is 82.4 cm³/mol. The Labute approximate surface area is 121 Å². The highest BCUT2D eigenvalue weighted by atomic mass is 16.5. The lowest BCUT2D eigenvalue weighted by atomic mass is 10.2. The average Bonchev–Trinajstić information content (AvgIpc) is 3.22. The minimum Gasteiger partial charge on any atom is -0.492 e. The first kappa shape index (κ1) is 14.9. The van der Waals surface area contributed by atoms with Crippen LogP contribution in [-0.4, -0.2) is 36.5 Å². The Hall–Kier alpha value is -1.55. The van der Waals surface area contributed by atoms with E-state index < -0.39 is 0 Å². The van der Waals surface area contributed by atoms with Gasteiger partial charge in [-0.3, -0.25) is 10.3 Å². The molecule has 110 valence electrons. The molecular formula is C16H25N3O. The Kier molecular flexibility index (Phi) is 5.01. The van der Waals surface area contributed by atoms with E-state index in [1.807, 2.05) is 24.3 Å². The fourth-order valence-corrected chi connectivity index (χ4v) is 2.20. The summed E-state index contributed by atoms with van der Waals surface area (Å²) in [7, 11) is 0. The molecule has 1 aliphatic rings. The van der Waals surface area contributed by atoms with Crippen molar-refractivity contribution in [2.75, 3.05) is 19.7 Å². The fraction of sp³-hybridized carbons (Fsp3) is 0.562. The molecule has 0 saturated heterocycles. The number of hydrogen-bond acceptors (Lipinski definition) is 3. The number of ether oxygens (including phenoxy) is 1. The largest absolute Gasteiger partial charge is 0.492 e. The van der Waals surface area contributed by atoms with Gasteiger partial charge in [-0.15, -0.1) is 0 Å². The van der Waals surface area contributed by atoms with E-state index in [1.54, 1.807) is 0 Å². The summed E-state index contributed by atoms with van der Waals surface area (Å²) in [5.74, 6) is 1.84. The van der Waals surface area contributed by atoms with Gasteiger partial charge in [0.2, 0.25) is 0 Å². The molecule has 0 spiro atoms. The lowest BCUT2D eigenvalue weighted by molar-refractivity contribution is 0.170. The van der Waals surface area contributed by atoms with Crippen LogP contribution in [0.15, 0.2) is 24.3 Å². The summed E-state index contributed by atoms with van der Waals surface area (Å²) in [5, 5.41) is 7.35. The molecule has 20 heavy (non-hydrogen) atoms. The third-order valence-electron chi connectivity index (χ3n) is 3.73. The smallest absolute Gasteiger partial charge is 0.122 e. The van der Waals surface area contributed by atoms with Crippen molar-refractivity contribution in [3.8, 4) is 5.75 Å². The summed E-state index contributed by atoms with van der Waals surface area (Å²) in [6, 6.07) is 7.96. The van der Waals surface area contributed by atoms with Crippen molar-refractivity contribution in [3.63, 3.8) is 0 Å². The molecule has 0 bridgehead atoms. The molecule has 0 heterocycles. The first-order valence-corrected chi connectivity index (χ1v) is 7.37. The number of amidine groups is 1. The van der Waals surface area contributed by atoms with Crippen molar-refractivity contribution < 1.29 is 4.74 Å². The number of benzene rings is 1. The van der Waals surface area contributed by atoms with Crippen LogP contribution < -0.4 is 10.5 Å². The van der Waals surface area contributed by atoms with E-state index in [9.17, 15) is 0 Å². The zero-order chi connectivity index (χ0) is 14.5. The van der Waals surface area contributed by atoms with Gasteiger partial charge >= 0.3 is 0 Å². The van der Waals surface area contributed by atoms with Gasteiger partial charge in [-0.1, -0.05) is 0 Å². The summed E-state index contributed by atoms with van der Waals surface area (Å²) in [6.45, 7) is 7.34. The molecule has 0 aliphatic heterocycles. The maximum Gasteiger partial charge on any atom is 0.122 e. The van der Waals surface area contributed by atoms with Gasteiger partial charge in [0, 0.05) is 24.7 Å². The highest BCUT2D eigenvalue weighted by Crippen LogP contribution is 2.30. The molecule has 0 amide bonds. The Balaban J connectivity index is 1.77. The van der Waals surface area contributed by atoms with Crippen LogP contribution in [0.3, 0.4) is 0 Å². The van der Waals surface area contributed by atoms with Gasteiger partial charge in [-0.05, 0) is 56.9 Å². The first-order valence-electron chi connectivity index (χ1n) is 7.37. The Morgan fingerprint density at radius 1 is 1.35 bits per heavy atom. The lowest BCUT2D eigenvalue weighted by Gasteiger charge is -2.26. The van der Waals surface area contributed by atoms with Gasteiger partial charge in [0.15, 0.2) is 0 Å². The molecule has 1 saturated carbocycles. The second-order valence-electron chi connectivity index (χ2n) is 5.82. The number of nitrogen functional groups attached to an aromatic ring is 1. The van der Waals surface area contributed by atoms with Crippen molar-refractivity contribution in [2.45, 2.75) is 32.7 Å². The molecule has 0 radical (unpaired) electrons. The number of nitrogens with one attached hydrogen (secondary N) is 1.